The van der Waals surface area contributed by atoms with Crippen LogP contribution in [0.15, 0.2) is 6.20 Å². The fraction of sp³-hybridized carbons (Fsp3) is 0.824. The van der Waals surface area contributed by atoms with E-state index in [0.717, 1.165) is 25.0 Å². The molecule has 4 rings (SSSR count). The van der Waals surface area contributed by atoms with Crippen molar-refractivity contribution in [2.45, 2.75) is 82.3 Å². The minimum atomic E-state index is -4.57. The van der Waals surface area contributed by atoms with Gasteiger partial charge < -0.3 is 10.1 Å². The van der Waals surface area contributed by atoms with Crippen LogP contribution in [0.1, 0.15) is 58.6 Å². The van der Waals surface area contributed by atoms with Crippen molar-refractivity contribution >= 4 is 6.09 Å². The second-order valence-corrected chi connectivity index (χ2v) is 8.57. The fourth-order valence-electron chi connectivity index (χ4n) is 3.87. The smallest absolute Gasteiger partial charge is 0.444 e. The molecule has 0 radical (unpaired) electrons. The zero-order chi connectivity index (χ0) is 19.9. The molecule has 0 aromatic carbocycles. The highest BCUT2D eigenvalue weighted by molar-refractivity contribution is 5.70. The van der Waals surface area contributed by atoms with Gasteiger partial charge in [-0.15, -0.1) is 18.3 Å². The monoisotopic (exact) mass is 390 g/mol. The lowest BCUT2D eigenvalue weighted by Crippen LogP contribution is -2.79. The van der Waals surface area contributed by atoms with E-state index in [-0.39, 0.29) is 17.7 Å². The Morgan fingerprint density at radius 1 is 1.26 bits per heavy atom. The predicted octanol–water partition coefficient (Wildman–Crippen LogP) is 3.29. The van der Waals surface area contributed by atoms with E-state index in [0.29, 0.717) is 19.3 Å². The molecule has 0 aliphatic heterocycles. The number of hydrogen-bond donors (Lipinski definition) is 1. The predicted molar refractivity (Wildman–Crippen MR) is 88.9 cm³/mol. The Morgan fingerprint density at radius 2 is 1.93 bits per heavy atom. The van der Waals surface area contributed by atoms with E-state index in [4.69, 9.17) is 4.74 Å². The third-order valence-electron chi connectivity index (χ3n) is 4.89. The molecule has 2 bridgehead atoms. The first-order valence-corrected chi connectivity index (χ1v) is 9.04. The summed E-state index contributed by atoms with van der Waals surface area (Å²) in [7, 11) is 0. The summed E-state index contributed by atoms with van der Waals surface area (Å²) >= 11 is 0. The normalized spacial score (nSPS) is 26.9. The summed E-state index contributed by atoms with van der Waals surface area (Å²) in [5, 5.41) is 11.2. The van der Waals surface area contributed by atoms with E-state index in [1.54, 1.807) is 0 Å². The van der Waals surface area contributed by atoms with Gasteiger partial charge in [0.15, 0.2) is 0 Å². The maximum Gasteiger partial charge on any atom is 0.522 e. The molecule has 3 fully saturated rings. The first-order valence-electron chi connectivity index (χ1n) is 9.04. The van der Waals surface area contributed by atoms with Crippen LogP contribution in [0.25, 0.3) is 0 Å². The van der Waals surface area contributed by atoms with Crippen LogP contribution in [0.4, 0.5) is 18.0 Å². The lowest BCUT2D eigenvalue weighted by atomic mass is 9.44. The number of unbranched alkanes of at least 4 members (excludes halogenated alkanes) is 1. The lowest BCUT2D eigenvalue weighted by Gasteiger charge is -2.69. The number of ether oxygens (including phenoxy) is 2. The minimum absolute atomic E-state index is 0.111. The van der Waals surface area contributed by atoms with Crippen LogP contribution in [-0.4, -0.2) is 45.2 Å². The summed E-state index contributed by atoms with van der Waals surface area (Å²) in [6.45, 7) is 5.12. The number of aryl methyl sites for hydroxylation is 1. The van der Waals surface area contributed by atoms with Crippen LogP contribution >= 0.6 is 0 Å². The van der Waals surface area contributed by atoms with Gasteiger partial charge in [0, 0.05) is 6.20 Å². The topological polar surface area (TPSA) is 78.3 Å². The highest BCUT2D eigenvalue weighted by atomic mass is 19.4. The van der Waals surface area contributed by atoms with Gasteiger partial charge in [-0.05, 0) is 59.3 Å². The molecule has 1 N–H and O–H groups in total. The quantitative estimate of drug-likeness (QED) is 0.723. The zero-order valence-electron chi connectivity index (χ0n) is 15.7. The van der Waals surface area contributed by atoms with Crippen molar-refractivity contribution in [1.29, 1.82) is 0 Å². The van der Waals surface area contributed by atoms with E-state index in [2.05, 4.69) is 20.4 Å². The third-order valence-corrected chi connectivity index (χ3v) is 4.89. The van der Waals surface area contributed by atoms with Gasteiger partial charge in [-0.2, -0.15) is 0 Å². The van der Waals surface area contributed by atoms with E-state index in [1.807, 2.05) is 31.6 Å². The molecular formula is C17H25F3N4O3. The number of amides is 1. The molecule has 0 saturated heterocycles. The number of nitrogens with zero attached hydrogens (tertiary/aromatic N) is 3. The first-order chi connectivity index (χ1) is 12.4. The molecule has 3 saturated carbocycles. The second-order valence-electron chi connectivity index (χ2n) is 8.57. The summed E-state index contributed by atoms with van der Waals surface area (Å²) in [4.78, 5) is 11.9. The maximum absolute atomic E-state index is 11.9. The molecule has 1 aromatic rings. The van der Waals surface area contributed by atoms with Crippen LogP contribution < -0.4 is 5.32 Å². The highest BCUT2D eigenvalue weighted by Gasteiger charge is 2.70. The maximum atomic E-state index is 11.9. The van der Waals surface area contributed by atoms with Crippen LogP contribution in [0.5, 0.6) is 0 Å². The van der Waals surface area contributed by atoms with Crippen LogP contribution in [-0.2, 0) is 21.4 Å². The van der Waals surface area contributed by atoms with E-state index in [9.17, 15) is 18.0 Å². The number of halogens is 3. The third kappa shape index (κ3) is 4.72. The number of carbonyl (C=O) groups excluding carboxylic acids is 1. The molecular weight excluding hydrogens is 365 g/mol. The molecule has 1 amide bonds. The standard InChI is InChI=1S/C17H25F3N4O3/c1-14(2,3)27-13(25)21-15-9-16(10-15,11-15)24-8-12(22-23-24)6-4-5-7-26-17(18,19)20/h8H,4-7,9-11H2,1-3H3,(H,21,25). The molecule has 10 heteroatoms. The SMILES string of the molecule is CC(C)(C)OC(=O)NC12CC(n3cc(CCCCOC(F)(F)F)nn3)(C1)C2. The Balaban J connectivity index is 1.40. The van der Waals surface area contributed by atoms with Gasteiger partial charge in [0.05, 0.1) is 23.4 Å². The van der Waals surface area contributed by atoms with Crippen LogP contribution in [0.2, 0.25) is 0 Å². The Kier molecular flexibility index (Phi) is 4.90. The van der Waals surface area contributed by atoms with Gasteiger partial charge in [-0.3, -0.25) is 4.74 Å². The molecule has 3 aliphatic carbocycles. The number of carbonyl (C=O) groups is 1. The van der Waals surface area contributed by atoms with E-state index in [1.165, 1.54) is 0 Å². The first kappa shape index (κ1) is 19.9. The molecule has 1 aromatic heterocycles. The van der Waals surface area contributed by atoms with Gasteiger partial charge in [0.2, 0.25) is 0 Å². The van der Waals surface area contributed by atoms with Gasteiger partial charge in [-0.25, -0.2) is 9.48 Å². The number of aromatic nitrogens is 3. The van der Waals surface area contributed by atoms with Crippen molar-refractivity contribution in [3.05, 3.63) is 11.9 Å². The summed E-state index contributed by atoms with van der Waals surface area (Å²) in [5.74, 6) is 0. The summed E-state index contributed by atoms with van der Waals surface area (Å²) in [6, 6.07) is 0. The largest absolute Gasteiger partial charge is 0.522 e. The number of alkyl carbamates (subject to hydrolysis) is 1. The Hall–Kier alpha value is -1.84. The molecule has 0 spiro atoms. The van der Waals surface area contributed by atoms with E-state index < -0.39 is 18.1 Å². The van der Waals surface area contributed by atoms with Crippen molar-refractivity contribution in [2.24, 2.45) is 0 Å². The van der Waals surface area contributed by atoms with Gasteiger partial charge >= 0.3 is 12.5 Å². The van der Waals surface area contributed by atoms with Crippen molar-refractivity contribution in [3.63, 3.8) is 0 Å². The molecule has 7 nitrogen and oxygen atoms in total. The summed E-state index contributed by atoms with van der Waals surface area (Å²) in [5.41, 5.74) is -0.110. The summed E-state index contributed by atoms with van der Waals surface area (Å²) in [6.07, 6.45) is 0.615. The average molecular weight is 390 g/mol. The lowest BCUT2D eigenvalue weighted by molar-refractivity contribution is -0.324. The Bertz CT molecular complexity index is 677. The van der Waals surface area contributed by atoms with Crippen LogP contribution in [0.3, 0.4) is 0 Å². The molecule has 27 heavy (non-hydrogen) atoms. The van der Waals surface area contributed by atoms with Crippen molar-refractivity contribution in [1.82, 2.24) is 20.3 Å². The Labute approximate surface area is 155 Å². The fourth-order valence-corrected chi connectivity index (χ4v) is 3.87. The van der Waals surface area contributed by atoms with Gasteiger partial charge in [0.25, 0.3) is 0 Å². The van der Waals surface area contributed by atoms with Gasteiger partial charge in [0.1, 0.15) is 5.60 Å². The van der Waals surface area contributed by atoms with Crippen LogP contribution in [0, 0.1) is 0 Å². The minimum Gasteiger partial charge on any atom is -0.444 e. The van der Waals surface area contributed by atoms with Gasteiger partial charge in [-0.1, -0.05) is 5.21 Å². The number of rotatable bonds is 7. The molecule has 0 atom stereocenters. The highest BCUT2D eigenvalue weighted by Crippen LogP contribution is 2.64. The molecule has 3 aliphatic rings. The van der Waals surface area contributed by atoms with Crippen molar-refractivity contribution in [3.8, 4) is 0 Å². The molecule has 0 unspecified atom stereocenters. The van der Waals surface area contributed by atoms with Crippen molar-refractivity contribution < 1.29 is 27.4 Å². The number of nitrogens with one attached hydrogen (secondary N) is 1. The van der Waals surface area contributed by atoms with E-state index >= 15 is 0 Å². The molecule has 152 valence electrons. The zero-order valence-corrected chi connectivity index (χ0v) is 15.7. The molecule has 1 heterocycles. The summed E-state index contributed by atoms with van der Waals surface area (Å²) < 4.78 is 46.6. The average Bonchev–Trinajstić information content (AvgIpc) is 2.86. The number of hydrogen-bond acceptors (Lipinski definition) is 5. The van der Waals surface area contributed by atoms with Crippen molar-refractivity contribution in [2.75, 3.05) is 6.61 Å². The number of alkyl halides is 3. The second kappa shape index (κ2) is 6.65. The Morgan fingerprint density at radius 3 is 2.52 bits per heavy atom.